The fraction of sp³-hybridized carbons (Fsp3) is 0.667. The molecule has 0 saturated heterocycles. The van der Waals surface area contributed by atoms with Crippen LogP contribution in [0.25, 0.3) is 0 Å². The first-order valence-corrected chi connectivity index (χ1v) is 7.99. The largest absolute Gasteiger partial charge is 0.488 e. The van der Waals surface area contributed by atoms with Gasteiger partial charge in [0.1, 0.15) is 11.9 Å². The van der Waals surface area contributed by atoms with Gasteiger partial charge in [-0.2, -0.15) is 0 Å². The summed E-state index contributed by atoms with van der Waals surface area (Å²) in [6.45, 7) is 14.4. The number of benzene rings is 1. The highest BCUT2D eigenvalue weighted by atomic mass is 16.5. The number of likely N-dealkylation sites (N-methyl/N-ethyl adjacent to an activating group) is 1. The Morgan fingerprint density at radius 3 is 2.35 bits per heavy atom. The van der Waals surface area contributed by atoms with E-state index in [1.807, 2.05) is 0 Å². The fourth-order valence-corrected chi connectivity index (χ4v) is 3.04. The molecule has 0 fully saturated rings. The fourth-order valence-electron chi connectivity index (χ4n) is 3.04. The maximum atomic E-state index is 6.32. The van der Waals surface area contributed by atoms with Crippen LogP contribution in [0.2, 0.25) is 0 Å². The van der Waals surface area contributed by atoms with Crippen LogP contribution in [0.1, 0.15) is 70.7 Å². The van der Waals surface area contributed by atoms with E-state index in [9.17, 15) is 0 Å². The van der Waals surface area contributed by atoms with Crippen LogP contribution in [-0.4, -0.2) is 12.6 Å². The minimum atomic E-state index is 0.120. The summed E-state index contributed by atoms with van der Waals surface area (Å²) in [6, 6.07) is 5.01. The Morgan fingerprint density at radius 2 is 1.85 bits per heavy atom. The summed E-state index contributed by atoms with van der Waals surface area (Å²) in [4.78, 5) is 0. The topological polar surface area (TPSA) is 21.3 Å². The number of ether oxygens (including phenoxy) is 1. The molecule has 0 amide bonds. The molecule has 2 atom stereocenters. The van der Waals surface area contributed by atoms with Gasteiger partial charge in [-0.05, 0) is 30.4 Å². The molecule has 0 bridgehead atoms. The van der Waals surface area contributed by atoms with Crippen molar-refractivity contribution in [2.24, 2.45) is 0 Å². The van der Waals surface area contributed by atoms with E-state index in [0.29, 0.717) is 6.04 Å². The monoisotopic (exact) mass is 275 g/mol. The summed E-state index contributed by atoms with van der Waals surface area (Å²) < 4.78 is 6.32. The molecule has 2 rings (SSSR count). The van der Waals surface area contributed by atoms with Gasteiger partial charge in [-0.15, -0.1) is 0 Å². The highest BCUT2D eigenvalue weighted by Crippen LogP contribution is 2.45. The van der Waals surface area contributed by atoms with Crippen LogP contribution in [0.5, 0.6) is 5.75 Å². The molecule has 112 valence electrons. The van der Waals surface area contributed by atoms with Crippen LogP contribution >= 0.6 is 0 Å². The Balaban J connectivity index is 2.55. The number of nitrogens with one attached hydrogen (secondary N) is 1. The Labute approximate surface area is 123 Å². The molecule has 1 aromatic rings. The van der Waals surface area contributed by atoms with Crippen molar-refractivity contribution in [3.63, 3.8) is 0 Å². The average Bonchev–Trinajstić information content (AvgIpc) is 2.75. The molecule has 0 spiro atoms. The molecule has 0 aliphatic carbocycles. The first-order valence-electron chi connectivity index (χ1n) is 7.99. The predicted molar refractivity (Wildman–Crippen MR) is 85.6 cm³/mol. The lowest BCUT2D eigenvalue weighted by Crippen LogP contribution is -2.30. The van der Waals surface area contributed by atoms with E-state index in [1.165, 1.54) is 16.7 Å². The van der Waals surface area contributed by atoms with Crippen LogP contribution in [0, 0.1) is 0 Å². The lowest BCUT2D eigenvalue weighted by molar-refractivity contribution is 0.183. The number of fused-ring (bicyclic) bond motifs is 1. The summed E-state index contributed by atoms with van der Waals surface area (Å²) in [5.41, 5.74) is 4.25. The third kappa shape index (κ3) is 2.71. The second-order valence-electron chi connectivity index (χ2n) is 6.77. The van der Waals surface area contributed by atoms with E-state index >= 15 is 0 Å². The van der Waals surface area contributed by atoms with Gasteiger partial charge in [0, 0.05) is 11.1 Å². The smallest absolute Gasteiger partial charge is 0.128 e. The van der Waals surface area contributed by atoms with Crippen LogP contribution in [-0.2, 0) is 11.8 Å². The predicted octanol–water partition coefficient (Wildman–Crippen LogP) is 4.37. The normalized spacial score (nSPS) is 21.7. The number of hydrogen-bond donors (Lipinski definition) is 1. The summed E-state index contributed by atoms with van der Waals surface area (Å²) in [6.07, 6.45) is 2.38. The summed E-state index contributed by atoms with van der Waals surface area (Å²) in [5.74, 6) is 1.13. The van der Waals surface area contributed by atoms with Crippen molar-refractivity contribution in [1.29, 1.82) is 0 Å². The minimum absolute atomic E-state index is 0.120. The van der Waals surface area contributed by atoms with Gasteiger partial charge in [0.15, 0.2) is 0 Å². The Morgan fingerprint density at radius 1 is 1.15 bits per heavy atom. The summed E-state index contributed by atoms with van der Waals surface area (Å²) >= 11 is 0. The maximum absolute atomic E-state index is 6.32. The number of aryl methyl sites for hydroxylation is 1. The molecule has 2 heteroatoms. The van der Waals surface area contributed by atoms with Gasteiger partial charge in [-0.3, -0.25) is 0 Å². The first kappa shape index (κ1) is 15.4. The molecule has 20 heavy (non-hydrogen) atoms. The van der Waals surface area contributed by atoms with Crippen LogP contribution in [0.4, 0.5) is 0 Å². The molecule has 1 heterocycles. The molecule has 1 aliphatic rings. The van der Waals surface area contributed by atoms with Crippen molar-refractivity contribution >= 4 is 0 Å². The third-order valence-electron chi connectivity index (χ3n) is 4.20. The van der Waals surface area contributed by atoms with Gasteiger partial charge < -0.3 is 10.1 Å². The van der Waals surface area contributed by atoms with E-state index in [0.717, 1.165) is 25.1 Å². The summed E-state index contributed by atoms with van der Waals surface area (Å²) in [7, 11) is 0. The second kappa shape index (κ2) is 5.77. The van der Waals surface area contributed by atoms with E-state index in [2.05, 4.69) is 59.0 Å². The Kier molecular flexibility index (Phi) is 4.43. The van der Waals surface area contributed by atoms with Crippen molar-refractivity contribution in [2.45, 2.75) is 71.9 Å². The molecular formula is C18H29NO. The Hall–Kier alpha value is -1.02. The molecule has 1 aromatic carbocycles. The highest BCUT2D eigenvalue weighted by molar-refractivity contribution is 5.52. The van der Waals surface area contributed by atoms with Gasteiger partial charge in [0.25, 0.3) is 0 Å². The maximum Gasteiger partial charge on any atom is 0.128 e. The molecule has 2 nitrogen and oxygen atoms in total. The van der Waals surface area contributed by atoms with Gasteiger partial charge >= 0.3 is 0 Å². The quantitative estimate of drug-likeness (QED) is 0.881. The highest BCUT2D eigenvalue weighted by Gasteiger charge is 2.36. The zero-order valence-electron chi connectivity index (χ0n) is 13.8. The van der Waals surface area contributed by atoms with E-state index in [-0.39, 0.29) is 11.5 Å². The molecule has 0 saturated carbocycles. The zero-order valence-corrected chi connectivity index (χ0v) is 13.8. The molecule has 0 radical (unpaired) electrons. The van der Waals surface area contributed by atoms with Crippen LogP contribution in [0.15, 0.2) is 12.1 Å². The van der Waals surface area contributed by atoms with Crippen LogP contribution in [0.3, 0.4) is 0 Å². The lowest BCUT2D eigenvalue weighted by atomic mass is 9.83. The van der Waals surface area contributed by atoms with Crippen molar-refractivity contribution in [1.82, 2.24) is 5.32 Å². The standard InChI is InChI=1S/C18H29NO/c1-7-12-10-13-16(19-9-3)15(8-2)20-17(13)14(11-12)18(4,5)6/h10-11,15-16,19H,7-9H2,1-6H3. The molecule has 2 unspecified atom stereocenters. The first-order chi connectivity index (χ1) is 9.42. The number of hydrogen-bond acceptors (Lipinski definition) is 2. The molecule has 0 aromatic heterocycles. The number of rotatable bonds is 4. The minimum Gasteiger partial charge on any atom is -0.488 e. The van der Waals surface area contributed by atoms with Gasteiger partial charge in [-0.1, -0.05) is 53.7 Å². The van der Waals surface area contributed by atoms with Crippen molar-refractivity contribution < 1.29 is 4.74 Å². The summed E-state index contributed by atoms with van der Waals surface area (Å²) in [5, 5.41) is 3.61. The SMILES string of the molecule is CCNC1c2cc(CC)cc(C(C)(C)C)c2OC1CC. The Bertz CT molecular complexity index is 473. The van der Waals surface area contributed by atoms with Gasteiger partial charge in [0.2, 0.25) is 0 Å². The van der Waals surface area contributed by atoms with Crippen LogP contribution < -0.4 is 10.1 Å². The van der Waals surface area contributed by atoms with E-state index < -0.39 is 0 Å². The van der Waals surface area contributed by atoms with Crippen molar-refractivity contribution in [2.75, 3.05) is 6.54 Å². The molecule has 1 N–H and O–H groups in total. The zero-order chi connectivity index (χ0) is 14.9. The van der Waals surface area contributed by atoms with E-state index in [4.69, 9.17) is 4.74 Å². The molecule has 1 aliphatic heterocycles. The third-order valence-corrected chi connectivity index (χ3v) is 4.20. The van der Waals surface area contributed by atoms with Gasteiger partial charge in [0.05, 0.1) is 6.04 Å². The van der Waals surface area contributed by atoms with E-state index in [1.54, 1.807) is 0 Å². The van der Waals surface area contributed by atoms with Gasteiger partial charge in [-0.25, -0.2) is 0 Å². The second-order valence-corrected chi connectivity index (χ2v) is 6.77. The van der Waals surface area contributed by atoms with Crippen molar-refractivity contribution in [3.8, 4) is 5.75 Å². The average molecular weight is 275 g/mol. The van der Waals surface area contributed by atoms with Crippen molar-refractivity contribution in [3.05, 3.63) is 28.8 Å². The lowest BCUT2D eigenvalue weighted by Gasteiger charge is -2.23. The molecular weight excluding hydrogens is 246 g/mol.